The van der Waals surface area contributed by atoms with Gasteiger partial charge in [0.15, 0.2) is 5.69 Å². The van der Waals surface area contributed by atoms with E-state index < -0.39 is 17.3 Å². The van der Waals surface area contributed by atoms with E-state index in [1.807, 2.05) is 0 Å². The van der Waals surface area contributed by atoms with E-state index in [2.05, 4.69) is 15.2 Å². The van der Waals surface area contributed by atoms with Crippen molar-refractivity contribution in [3.8, 4) is 0 Å². The molecule has 0 saturated carbocycles. The second-order valence-electron chi connectivity index (χ2n) is 5.34. The Morgan fingerprint density at radius 1 is 1.12 bits per heavy atom. The van der Waals surface area contributed by atoms with Crippen LogP contribution in [-0.4, -0.2) is 28.8 Å². The molecule has 0 radical (unpaired) electrons. The van der Waals surface area contributed by atoms with E-state index in [1.165, 1.54) is 17.9 Å². The summed E-state index contributed by atoms with van der Waals surface area (Å²) in [5.74, 6) is -1.16. The standard InChI is InChI=1S/C18H15N3O4/c1-21-14-9-4-3-8-13(14)16(22)15(20-21)17(23)19-12-7-5-6-11(10-12)18(24)25-2/h3-10H,1-2H3,(H,19,23). The maximum atomic E-state index is 12.5. The van der Waals surface area contributed by atoms with Gasteiger partial charge in [-0.15, -0.1) is 0 Å². The van der Waals surface area contributed by atoms with Gasteiger partial charge in [-0.25, -0.2) is 4.79 Å². The minimum Gasteiger partial charge on any atom is -0.465 e. The zero-order chi connectivity index (χ0) is 18.0. The van der Waals surface area contributed by atoms with Gasteiger partial charge in [0.1, 0.15) is 0 Å². The Kier molecular flexibility index (Phi) is 4.30. The van der Waals surface area contributed by atoms with Gasteiger partial charge in [-0.05, 0) is 30.3 Å². The second-order valence-corrected chi connectivity index (χ2v) is 5.34. The summed E-state index contributed by atoms with van der Waals surface area (Å²) in [4.78, 5) is 36.6. The van der Waals surface area contributed by atoms with Crippen molar-refractivity contribution in [1.29, 1.82) is 0 Å². The molecular formula is C18H15N3O4. The minimum atomic E-state index is -0.645. The number of esters is 1. The average Bonchev–Trinajstić information content (AvgIpc) is 2.64. The molecule has 0 aliphatic rings. The lowest BCUT2D eigenvalue weighted by Crippen LogP contribution is -2.26. The molecule has 2 aromatic carbocycles. The maximum Gasteiger partial charge on any atom is 0.337 e. The number of carbonyl (C=O) groups excluding carboxylic acids is 2. The number of benzene rings is 2. The third-order valence-corrected chi connectivity index (χ3v) is 3.72. The third-order valence-electron chi connectivity index (χ3n) is 3.72. The Morgan fingerprint density at radius 2 is 1.88 bits per heavy atom. The van der Waals surface area contributed by atoms with Crippen molar-refractivity contribution in [2.75, 3.05) is 12.4 Å². The van der Waals surface area contributed by atoms with Crippen LogP contribution in [0, 0.1) is 0 Å². The van der Waals surface area contributed by atoms with E-state index in [0.717, 1.165) is 0 Å². The summed E-state index contributed by atoms with van der Waals surface area (Å²) in [6, 6.07) is 13.2. The number of amides is 1. The van der Waals surface area contributed by atoms with Crippen LogP contribution in [-0.2, 0) is 11.8 Å². The topological polar surface area (TPSA) is 90.3 Å². The van der Waals surface area contributed by atoms with Crippen LogP contribution in [0.5, 0.6) is 0 Å². The van der Waals surface area contributed by atoms with Crippen molar-refractivity contribution in [3.05, 3.63) is 70.0 Å². The number of nitrogens with zero attached hydrogens (tertiary/aromatic N) is 2. The fourth-order valence-corrected chi connectivity index (χ4v) is 2.51. The summed E-state index contributed by atoms with van der Waals surface area (Å²) < 4.78 is 6.13. The fraction of sp³-hybridized carbons (Fsp3) is 0.111. The van der Waals surface area contributed by atoms with Crippen molar-refractivity contribution < 1.29 is 14.3 Å². The van der Waals surface area contributed by atoms with E-state index in [9.17, 15) is 14.4 Å². The molecule has 0 bridgehead atoms. The van der Waals surface area contributed by atoms with Gasteiger partial charge in [-0.3, -0.25) is 14.3 Å². The molecule has 0 aliphatic heterocycles. The van der Waals surface area contributed by atoms with Gasteiger partial charge in [0.05, 0.1) is 18.2 Å². The van der Waals surface area contributed by atoms with Gasteiger partial charge < -0.3 is 10.1 Å². The second kappa shape index (κ2) is 6.56. The number of ether oxygens (including phenoxy) is 1. The SMILES string of the molecule is COC(=O)c1cccc(NC(=O)c2nn(C)c3ccccc3c2=O)c1. The quantitative estimate of drug-likeness (QED) is 0.738. The number of hydrogen-bond donors (Lipinski definition) is 1. The number of para-hydroxylation sites is 1. The predicted molar refractivity (Wildman–Crippen MR) is 92.7 cm³/mol. The van der Waals surface area contributed by atoms with Crippen molar-refractivity contribution in [1.82, 2.24) is 9.78 Å². The van der Waals surface area contributed by atoms with Crippen LogP contribution in [0.2, 0.25) is 0 Å². The number of aryl methyl sites for hydroxylation is 1. The summed E-state index contributed by atoms with van der Waals surface area (Å²) in [7, 11) is 2.94. The molecule has 3 aromatic rings. The number of methoxy groups -OCH3 is 1. The molecule has 0 fully saturated rings. The maximum absolute atomic E-state index is 12.5. The lowest BCUT2D eigenvalue weighted by Gasteiger charge is -2.09. The molecule has 0 spiro atoms. The molecular weight excluding hydrogens is 322 g/mol. The normalized spacial score (nSPS) is 10.5. The van der Waals surface area contributed by atoms with Crippen molar-refractivity contribution >= 4 is 28.5 Å². The molecule has 25 heavy (non-hydrogen) atoms. The van der Waals surface area contributed by atoms with Crippen LogP contribution in [0.15, 0.2) is 53.3 Å². The number of aromatic nitrogens is 2. The molecule has 0 atom stereocenters. The summed E-state index contributed by atoms with van der Waals surface area (Å²) in [5, 5.41) is 7.07. The molecule has 1 N–H and O–H groups in total. The van der Waals surface area contributed by atoms with Gasteiger partial charge >= 0.3 is 5.97 Å². The highest BCUT2D eigenvalue weighted by atomic mass is 16.5. The summed E-state index contributed by atoms with van der Waals surface area (Å²) >= 11 is 0. The largest absolute Gasteiger partial charge is 0.465 e. The van der Waals surface area contributed by atoms with E-state index in [1.54, 1.807) is 49.5 Å². The number of rotatable bonds is 3. The number of fused-ring (bicyclic) bond motifs is 1. The van der Waals surface area contributed by atoms with Crippen molar-refractivity contribution in [2.45, 2.75) is 0 Å². The molecule has 7 heteroatoms. The van der Waals surface area contributed by atoms with E-state index in [4.69, 9.17) is 0 Å². The van der Waals surface area contributed by atoms with Gasteiger partial charge in [-0.2, -0.15) is 5.10 Å². The molecule has 7 nitrogen and oxygen atoms in total. The predicted octanol–water partition coefficient (Wildman–Crippen LogP) is 1.97. The van der Waals surface area contributed by atoms with Gasteiger partial charge in [0.25, 0.3) is 5.91 Å². The summed E-state index contributed by atoms with van der Waals surface area (Å²) in [5.41, 5.74) is 0.626. The fourth-order valence-electron chi connectivity index (χ4n) is 2.51. The van der Waals surface area contributed by atoms with Crippen LogP contribution >= 0.6 is 0 Å². The monoisotopic (exact) mass is 337 g/mol. The first-order chi connectivity index (χ1) is 12.0. The minimum absolute atomic E-state index is 0.218. The van der Waals surface area contributed by atoms with Crippen molar-refractivity contribution in [2.24, 2.45) is 7.05 Å². The van der Waals surface area contributed by atoms with Crippen LogP contribution in [0.3, 0.4) is 0 Å². The zero-order valence-corrected chi connectivity index (χ0v) is 13.6. The van der Waals surface area contributed by atoms with Crippen molar-refractivity contribution in [3.63, 3.8) is 0 Å². The molecule has 1 heterocycles. The Hall–Kier alpha value is -3.48. The van der Waals surface area contributed by atoms with Crippen LogP contribution < -0.4 is 10.7 Å². The van der Waals surface area contributed by atoms with E-state index in [-0.39, 0.29) is 5.69 Å². The molecule has 0 aliphatic carbocycles. The Morgan fingerprint density at radius 3 is 2.64 bits per heavy atom. The first-order valence-corrected chi connectivity index (χ1v) is 7.47. The third kappa shape index (κ3) is 3.12. The molecule has 1 amide bonds. The van der Waals surface area contributed by atoms with Gasteiger partial charge in [-0.1, -0.05) is 18.2 Å². The summed E-state index contributed by atoms with van der Waals surface area (Å²) in [6.45, 7) is 0. The lowest BCUT2D eigenvalue weighted by molar-refractivity contribution is 0.0600. The molecule has 1 aromatic heterocycles. The highest BCUT2D eigenvalue weighted by molar-refractivity contribution is 6.04. The van der Waals surface area contributed by atoms with Crippen LogP contribution in [0.4, 0.5) is 5.69 Å². The van der Waals surface area contributed by atoms with Crippen LogP contribution in [0.1, 0.15) is 20.8 Å². The van der Waals surface area contributed by atoms with Gasteiger partial charge in [0, 0.05) is 18.1 Å². The highest BCUT2D eigenvalue weighted by Gasteiger charge is 2.17. The van der Waals surface area contributed by atoms with Crippen LogP contribution in [0.25, 0.3) is 10.9 Å². The Bertz CT molecular complexity index is 1040. The molecule has 0 unspecified atom stereocenters. The Balaban J connectivity index is 1.97. The molecule has 3 rings (SSSR count). The first-order valence-electron chi connectivity index (χ1n) is 7.47. The number of hydrogen-bond acceptors (Lipinski definition) is 5. The smallest absolute Gasteiger partial charge is 0.337 e. The zero-order valence-electron chi connectivity index (χ0n) is 13.6. The average molecular weight is 337 g/mol. The van der Waals surface area contributed by atoms with Gasteiger partial charge in [0.2, 0.25) is 5.43 Å². The highest BCUT2D eigenvalue weighted by Crippen LogP contribution is 2.13. The number of anilines is 1. The lowest BCUT2D eigenvalue weighted by atomic mass is 10.2. The molecule has 0 saturated heterocycles. The number of carbonyl (C=O) groups is 2. The first kappa shape index (κ1) is 16.4. The number of nitrogens with one attached hydrogen (secondary N) is 1. The summed E-state index contributed by atoms with van der Waals surface area (Å²) in [6.07, 6.45) is 0. The molecule has 126 valence electrons. The Labute approximate surface area is 142 Å². The van der Waals surface area contributed by atoms with E-state index in [0.29, 0.717) is 22.2 Å². The van der Waals surface area contributed by atoms with E-state index >= 15 is 0 Å².